The third-order valence-corrected chi connectivity index (χ3v) is 3.55. The maximum atomic E-state index is 11.2. The second-order valence-electron chi connectivity index (χ2n) is 2.97. The van der Waals surface area contributed by atoms with Gasteiger partial charge in [-0.05, 0) is 18.2 Å². The summed E-state index contributed by atoms with van der Waals surface area (Å²) in [6, 6.07) is 4.48. The Bertz CT molecular complexity index is 499. The molecule has 0 spiro atoms. The van der Waals surface area contributed by atoms with Crippen LogP contribution < -0.4 is 4.72 Å². The van der Waals surface area contributed by atoms with Gasteiger partial charge in [-0.3, -0.25) is 8.93 Å². The number of anilines is 1. The van der Waals surface area contributed by atoms with Crippen molar-refractivity contribution in [2.24, 2.45) is 0 Å². The molecule has 4 nitrogen and oxygen atoms in total. The summed E-state index contributed by atoms with van der Waals surface area (Å²) in [5, 5.41) is 0.356. The molecular formula is C8H10ClNO3S2. The Labute approximate surface area is 96.1 Å². The Kier molecular flexibility index (Phi) is 3.75. The highest BCUT2D eigenvalue weighted by atomic mass is 35.5. The summed E-state index contributed by atoms with van der Waals surface area (Å²) in [4.78, 5) is 0.408. The summed E-state index contributed by atoms with van der Waals surface area (Å²) in [5.74, 6) is 0. The number of rotatable bonds is 3. The van der Waals surface area contributed by atoms with Gasteiger partial charge in [0.25, 0.3) is 0 Å². The lowest BCUT2D eigenvalue weighted by atomic mass is 10.3. The molecule has 0 heterocycles. The van der Waals surface area contributed by atoms with E-state index in [1.165, 1.54) is 24.5 Å². The summed E-state index contributed by atoms with van der Waals surface area (Å²) < 4.78 is 35.4. The van der Waals surface area contributed by atoms with Gasteiger partial charge in [0.1, 0.15) is 0 Å². The van der Waals surface area contributed by atoms with Crippen molar-refractivity contribution >= 4 is 38.1 Å². The molecule has 0 saturated carbocycles. The molecule has 0 unspecified atom stereocenters. The number of hydrogen-bond acceptors (Lipinski definition) is 3. The highest BCUT2D eigenvalue weighted by Crippen LogP contribution is 2.23. The smallest absolute Gasteiger partial charge is 0.229 e. The molecule has 15 heavy (non-hydrogen) atoms. The van der Waals surface area contributed by atoms with Crippen molar-refractivity contribution < 1.29 is 12.6 Å². The zero-order chi connectivity index (χ0) is 11.6. The molecule has 0 saturated heterocycles. The fourth-order valence-corrected chi connectivity index (χ4v) is 2.64. The Morgan fingerprint density at radius 1 is 1.40 bits per heavy atom. The minimum Gasteiger partial charge on any atom is -0.284 e. The van der Waals surface area contributed by atoms with Gasteiger partial charge < -0.3 is 0 Å². The van der Waals surface area contributed by atoms with E-state index in [1.54, 1.807) is 0 Å². The second kappa shape index (κ2) is 4.51. The van der Waals surface area contributed by atoms with Crippen LogP contribution >= 0.6 is 11.6 Å². The van der Waals surface area contributed by atoms with Gasteiger partial charge in [-0.1, -0.05) is 11.6 Å². The van der Waals surface area contributed by atoms with Gasteiger partial charge in [0.15, 0.2) is 0 Å². The van der Waals surface area contributed by atoms with Crippen LogP contribution in [-0.2, 0) is 20.8 Å². The molecule has 0 amide bonds. The summed E-state index contributed by atoms with van der Waals surface area (Å²) in [5.41, 5.74) is 0.354. The molecule has 0 aliphatic rings. The van der Waals surface area contributed by atoms with Crippen molar-refractivity contribution in [2.45, 2.75) is 4.90 Å². The number of benzene rings is 1. The van der Waals surface area contributed by atoms with E-state index in [2.05, 4.69) is 4.72 Å². The van der Waals surface area contributed by atoms with Crippen LogP contribution in [0, 0.1) is 0 Å². The molecule has 1 atom stereocenters. The highest BCUT2D eigenvalue weighted by Gasteiger charge is 2.08. The highest BCUT2D eigenvalue weighted by molar-refractivity contribution is 7.92. The van der Waals surface area contributed by atoms with Crippen LogP contribution in [0.1, 0.15) is 0 Å². The average Bonchev–Trinajstić information content (AvgIpc) is 2.05. The molecule has 0 radical (unpaired) electrons. The molecule has 0 aromatic heterocycles. The summed E-state index contributed by atoms with van der Waals surface area (Å²) in [6.45, 7) is 0. The van der Waals surface area contributed by atoms with E-state index in [0.717, 1.165) is 6.26 Å². The number of nitrogens with one attached hydrogen (secondary N) is 1. The van der Waals surface area contributed by atoms with Crippen molar-refractivity contribution in [2.75, 3.05) is 17.2 Å². The Morgan fingerprint density at radius 3 is 2.47 bits per heavy atom. The van der Waals surface area contributed by atoms with Crippen LogP contribution in [0.15, 0.2) is 23.1 Å². The Morgan fingerprint density at radius 2 is 2.00 bits per heavy atom. The van der Waals surface area contributed by atoms with E-state index in [-0.39, 0.29) is 0 Å². The first kappa shape index (κ1) is 12.5. The van der Waals surface area contributed by atoms with E-state index in [1.807, 2.05) is 0 Å². The molecule has 0 bridgehead atoms. The van der Waals surface area contributed by atoms with Gasteiger partial charge in [0.05, 0.1) is 27.0 Å². The molecule has 1 rings (SSSR count). The maximum absolute atomic E-state index is 11.2. The molecule has 0 aliphatic carbocycles. The maximum Gasteiger partial charge on any atom is 0.229 e. The molecule has 1 aromatic rings. The van der Waals surface area contributed by atoms with Crippen LogP contribution in [-0.4, -0.2) is 25.1 Å². The lowest BCUT2D eigenvalue weighted by Gasteiger charge is -2.06. The quantitative estimate of drug-likeness (QED) is 0.902. The van der Waals surface area contributed by atoms with E-state index in [4.69, 9.17) is 11.6 Å². The molecule has 1 N–H and O–H groups in total. The largest absolute Gasteiger partial charge is 0.284 e. The van der Waals surface area contributed by atoms with E-state index in [9.17, 15) is 12.6 Å². The summed E-state index contributed by atoms with van der Waals surface area (Å²) in [6.07, 6.45) is 2.52. The van der Waals surface area contributed by atoms with Gasteiger partial charge in [-0.15, -0.1) is 0 Å². The Balaban J connectivity index is 3.14. The van der Waals surface area contributed by atoms with Gasteiger partial charge in [0.2, 0.25) is 10.0 Å². The molecule has 84 valence electrons. The van der Waals surface area contributed by atoms with Crippen LogP contribution in [0.3, 0.4) is 0 Å². The molecule has 1 aromatic carbocycles. The minimum atomic E-state index is -3.32. The third-order valence-electron chi connectivity index (χ3n) is 1.54. The topological polar surface area (TPSA) is 63.2 Å². The molecular weight excluding hydrogens is 258 g/mol. The predicted octanol–water partition coefficient (Wildman–Crippen LogP) is 1.45. The van der Waals surface area contributed by atoms with Gasteiger partial charge in [-0.2, -0.15) is 0 Å². The third kappa shape index (κ3) is 3.81. The van der Waals surface area contributed by atoms with Crippen molar-refractivity contribution in [1.82, 2.24) is 0 Å². The van der Waals surface area contributed by atoms with Crippen LogP contribution in [0.4, 0.5) is 5.69 Å². The Hall–Kier alpha value is -0.590. The first-order valence-electron chi connectivity index (χ1n) is 3.90. The average molecular weight is 268 g/mol. The zero-order valence-electron chi connectivity index (χ0n) is 8.15. The van der Waals surface area contributed by atoms with Crippen molar-refractivity contribution in [1.29, 1.82) is 0 Å². The van der Waals surface area contributed by atoms with Crippen LogP contribution in [0.2, 0.25) is 5.02 Å². The molecule has 0 aliphatic heterocycles. The molecule has 0 fully saturated rings. The van der Waals surface area contributed by atoms with Crippen molar-refractivity contribution in [3.8, 4) is 0 Å². The standard InChI is InChI=1S/C8H10ClNO3S2/c1-14(11)8-5-6(3-4-7(8)9)10-15(2,12)13/h3-5,10H,1-2H3/t14-/m0/s1. The first-order valence-corrected chi connectivity index (χ1v) is 7.73. The van der Waals surface area contributed by atoms with Gasteiger partial charge in [0, 0.05) is 11.9 Å². The van der Waals surface area contributed by atoms with Gasteiger partial charge >= 0.3 is 0 Å². The van der Waals surface area contributed by atoms with Crippen LogP contribution in [0.25, 0.3) is 0 Å². The summed E-state index contributed by atoms with van der Waals surface area (Å²) in [7, 11) is -4.57. The fourth-order valence-electron chi connectivity index (χ4n) is 1.00. The fraction of sp³-hybridized carbons (Fsp3) is 0.250. The van der Waals surface area contributed by atoms with E-state index >= 15 is 0 Å². The van der Waals surface area contributed by atoms with E-state index in [0.29, 0.717) is 15.6 Å². The van der Waals surface area contributed by atoms with Crippen molar-refractivity contribution in [3.05, 3.63) is 23.2 Å². The lowest BCUT2D eigenvalue weighted by Crippen LogP contribution is -2.09. The monoisotopic (exact) mass is 267 g/mol. The van der Waals surface area contributed by atoms with E-state index < -0.39 is 20.8 Å². The lowest BCUT2D eigenvalue weighted by molar-refractivity contribution is 0.607. The number of halogens is 1. The number of hydrogen-bond donors (Lipinski definition) is 1. The normalized spacial score (nSPS) is 13.5. The predicted molar refractivity (Wildman–Crippen MR) is 62.3 cm³/mol. The second-order valence-corrected chi connectivity index (χ2v) is 6.48. The SMILES string of the molecule is C[S@](=O)c1cc(NS(C)(=O)=O)ccc1Cl. The van der Waals surface area contributed by atoms with Gasteiger partial charge in [-0.25, -0.2) is 8.42 Å². The molecule has 7 heteroatoms. The number of sulfonamides is 1. The first-order chi connectivity index (χ1) is 6.79. The minimum absolute atomic E-state index is 0.354. The zero-order valence-corrected chi connectivity index (χ0v) is 10.5. The van der Waals surface area contributed by atoms with Crippen LogP contribution in [0.5, 0.6) is 0 Å². The summed E-state index contributed by atoms with van der Waals surface area (Å²) >= 11 is 5.79. The van der Waals surface area contributed by atoms with Crippen molar-refractivity contribution in [3.63, 3.8) is 0 Å².